The summed E-state index contributed by atoms with van der Waals surface area (Å²) in [6, 6.07) is 1.20. The van der Waals surface area contributed by atoms with Gasteiger partial charge in [0, 0.05) is 23.7 Å². The van der Waals surface area contributed by atoms with Gasteiger partial charge in [0.05, 0.1) is 16.3 Å². The molecule has 0 aromatic carbocycles. The van der Waals surface area contributed by atoms with Crippen molar-refractivity contribution < 1.29 is 23.3 Å². The summed E-state index contributed by atoms with van der Waals surface area (Å²) < 4.78 is 30.1. The molecule has 36 heavy (non-hydrogen) atoms. The third kappa shape index (κ3) is 4.39. The summed E-state index contributed by atoms with van der Waals surface area (Å²) in [7, 11) is 0. The van der Waals surface area contributed by atoms with E-state index in [-0.39, 0.29) is 32.2 Å². The molecule has 0 aliphatic heterocycles. The number of aryl methyl sites for hydroxylation is 2. The second-order valence-corrected chi connectivity index (χ2v) is 8.81. The van der Waals surface area contributed by atoms with Gasteiger partial charge in [0.25, 0.3) is 12.3 Å². The fourth-order valence-corrected chi connectivity index (χ4v) is 4.78. The van der Waals surface area contributed by atoms with Gasteiger partial charge in [0.2, 0.25) is 5.91 Å². The number of primary amides is 1. The number of amides is 2. The molecular weight excluding hydrogens is 498 g/mol. The average molecular weight is 519 g/mol. The van der Waals surface area contributed by atoms with Crippen molar-refractivity contribution in [3.63, 3.8) is 0 Å². The third-order valence-electron chi connectivity index (χ3n) is 5.52. The number of nitrogens with one attached hydrogen (secondary N) is 1. The van der Waals surface area contributed by atoms with Gasteiger partial charge in [-0.15, -0.1) is 11.3 Å². The molecule has 4 heterocycles. The number of aromatic nitrogens is 5. The van der Waals surface area contributed by atoms with Crippen LogP contribution in [0.4, 0.5) is 20.2 Å². The maximum absolute atomic E-state index is 13.7. The van der Waals surface area contributed by atoms with E-state index in [1.54, 1.807) is 17.8 Å². The number of nitrogens with two attached hydrogens (primary N) is 1. The van der Waals surface area contributed by atoms with Crippen LogP contribution in [0.15, 0.2) is 18.5 Å². The number of rotatable bonds is 8. The molecule has 4 aromatic heterocycles. The standard InChI is InChI=1S/C21H20F2N8O4S/c1-4-29-7-12(9(2)28-29)11-5-13(19(22)23)26-21-16(11)17(18(36-21)20(24)33)27-15(32)8-30-10(3)14(6-25-30)31(34)35/h5-7,19H,4,8H2,1-3H3,(H2,24,33)(H,27,32). The van der Waals surface area contributed by atoms with Gasteiger partial charge < -0.3 is 11.1 Å². The van der Waals surface area contributed by atoms with Crippen LogP contribution >= 0.6 is 11.3 Å². The van der Waals surface area contributed by atoms with Crippen molar-refractivity contribution >= 4 is 44.7 Å². The average Bonchev–Trinajstić information content (AvgIpc) is 3.48. The molecule has 0 atom stereocenters. The number of nitrogens with zero attached hydrogens (tertiary/aromatic N) is 6. The Morgan fingerprint density at radius 2 is 2.03 bits per heavy atom. The first kappa shape index (κ1) is 24.8. The highest BCUT2D eigenvalue weighted by Crippen LogP contribution is 2.43. The van der Waals surface area contributed by atoms with E-state index in [4.69, 9.17) is 5.73 Å². The zero-order chi connectivity index (χ0) is 26.3. The van der Waals surface area contributed by atoms with Gasteiger partial charge >= 0.3 is 5.69 Å². The largest absolute Gasteiger partial charge is 0.365 e. The summed E-state index contributed by atoms with van der Waals surface area (Å²) in [5.41, 5.74) is 6.33. The van der Waals surface area contributed by atoms with Gasteiger partial charge in [-0.1, -0.05) is 0 Å². The number of hydrogen-bond donors (Lipinski definition) is 2. The minimum absolute atomic E-state index is 0.0128. The molecular formula is C21H20F2N8O4S. The molecule has 0 spiro atoms. The zero-order valence-electron chi connectivity index (χ0n) is 19.3. The van der Waals surface area contributed by atoms with Crippen LogP contribution in [-0.4, -0.2) is 41.3 Å². The molecule has 188 valence electrons. The molecule has 0 aliphatic rings. The second-order valence-electron chi connectivity index (χ2n) is 7.81. The lowest BCUT2D eigenvalue weighted by Gasteiger charge is -2.11. The predicted octanol–water partition coefficient (Wildman–Crippen LogP) is 3.58. The van der Waals surface area contributed by atoms with E-state index in [0.29, 0.717) is 23.4 Å². The van der Waals surface area contributed by atoms with E-state index < -0.39 is 35.4 Å². The number of pyridine rings is 1. The van der Waals surface area contributed by atoms with Crippen LogP contribution < -0.4 is 11.1 Å². The summed E-state index contributed by atoms with van der Waals surface area (Å²) in [5, 5.41) is 22.2. The lowest BCUT2D eigenvalue weighted by Crippen LogP contribution is -2.22. The van der Waals surface area contributed by atoms with Crippen LogP contribution in [0, 0.1) is 24.0 Å². The van der Waals surface area contributed by atoms with Gasteiger partial charge in [-0.3, -0.25) is 29.1 Å². The third-order valence-corrected chi connectivity index (χ3v) is 6.62. The molecule has 4 rings (SSSR count). The first-order valence-electron chi connectivity index (χ1n) is 10.6. The van der Waals surface area contributed by atoms with Crippen LogP contribution in [0.3, 0.4) is 0 Å². The molecule has 0 saturated heterocycles. The van der Waals surface area contributed by atoms with Crippen molar-refractivity contribution in [2.45, 2.75) is 40.3 Å². The molecule has 15 heteroatoms. The van der Waals surface area contributed by atoms with Crippen molar-refractivity contribution in [2.75, 3.05) is 5.32 Å². The van der Waals surface area contributed by atoms with E-state index in [2.05, 4.69) is 20.5 Å². The first-order chi connectivity index (χ1) is 17.0. The molecule has 12 nitrogen and oxygen atoms in total. The van der Waals surface area contributed by atoms with E-state index in [1.807, 2.05) is 6.92 Å². The number of fused-ring (bicyclic) bond motifs is 1. The Morgan fingerprint density at radius 3 is 2.58 bits per heavy atom. The molecule has 0 aliphatic carbocycles. The minimum Gasteiger partial charge on any atom is -0.365 e. The van der Waals surface area contributed by atoms with Crippen LogP contribution in [0.1, 0.15) is 40.1 Å². The first-order valence-corrected chi connectivity index (χ1v) is 11.4. The smallest absolute Gasteiger partial charge is 0.309 e. The van der Waals surface area contributed by atoms with Crippen LogP contribution in [0.5, 0.6) is 0 Å². The molecule has 0 unspecified atom stereocenters. The monoisotopic (exact) mass is 518 g/mol. The summed E-state index contributed by atoms with van der Waals surface area (Å²) in [5.74, 6) is -1.55. The number of anilines is 1. The molecule has 3 N–H and O–H groups in total. The van der Waals surface area contributed by atoms with Crippen molar-refractivity contribution in [3.05, 3.63) is 50.5 Å². The van der Waals surface area contributed by atoms with E-state index >= 15 is 0 Å². The molecule has 2 amide bonds. The number of thiophene rings is 1. The van der Waals surface area contributed by atoms with Gasteiger partial charge in [0.15, 0.2) is 0 Å². The summed E-state index contributed by atoms with van der Waals surface area (Å²) >= 11 is 0.778. The van der Waals surface area contributed by atoms with Crippen LogP contribution in [0.25, 0.3) is 21.3 Å². The summed E-state index contributed by atoms with van der Waals surface area (Å²) in [6.07, 6.45) is -0.177. The minimum atomic E-state index is -2.88. The number of carbonyl (C=O) groups is 2. The number of alkyl halides is 2. The topological polar surface area (TPSA) is 164 Å². The number of carbonyl (C=O) groups excluding carboxylic acids is 2. The molecule has 4 aromatic rings. The van der Waals surface area contributed by atoms with E-state index in [1.165, 1.54) is 13.0 Å². The van der Waals surface area contributed by atoms with Crippen molar-refractivity contribution in [2.24, 2.45) is 5.73 Å². The molecule has 0 fully saturated rings. The number of hydrogen-bond acceptors (Lipinski definition) is 8. The zero-order valence-corrected chi connectivity index (χ0v) is 20.1. The molecule has 0 bridgehead atoms. The SMILES string of the molecule is CCn1cc(-c2cc(C(F)F)nc3sc(C(N)=O)c(NC(=O)Cn4ncc([N+](=O)[O-])c4C)c23)c(C)n1. The van der Waals surface area contributed by atoms with E-state index in [0.717, 1.165) is 22.2 Å². The predicted molar refractivity (Wildman–Crippen MR) is 127 cm³/mol. The second kappa shape index (κ2) is 9.41. The van der Waals surface area contributed by atoms with Crippen molar-refractivity contribution in [1.82, 2.24) is 24.5 Å². The molecule has 0 saturated carbocycles. The van der Waals surface area contributed by atoms with Gasteiger partial charge in [0.1, 0.15) is 33.8 Å². The Kier molecular flexibility index (Phi) is 6.49. The van der Waals surface area contributed by atoms with Crippen LogP contribution in [-0.2, 0) is 17.9 Å². The van der Waals surface area contributed by atoms with Gasteiger partial charge in [-0.05, 0) is 32.4 Å². The quantitative estimate of drug-likeness (QED) is 0.266. The van der Waals surface area contributed by atoms with Gasteiger partial charge in [-0.25, -0.2) is 13.8 Å². The maximum atomic E-state index is 13.7. The Bertz CT molecular complexity index is 1520. The lowest BCUT2D eigenvalue weighted by molar-refractivity contribution is -0.385. The lowest BCUT2D eigenvalue weighted by atomic mass is 10.0. The molecule has 0 radical (unpaired) electrons. The summed E-state index contributed by atoms with van der Waals surface area (Å²) in [4.78, 5) is 39.6. The number of halogens is 2. The maximum Gasteiger partial charge on any atom is 0.309 e. The van der Waals surface area contributed by atoms with Gasteiger partial charge in [-0.2, -0.15) is 10.2 Å². The highest BCUT2D eigenvalue weighted by atomic mass is 32.1. The van der Waals surface area contributed by atoms with Crippen molar-refractivity contribution in [3.8, 4) is 11.1 Å². The Labute approximate surface area is 205 Å². The Morgan fingerprint density at radius 1 is 1.31 bits per heavy atom. The Hall–Kier alpha value is -4.27. The normalized spacial score (nSPS) is 11.4. The fraction of sp³-hybridized carbons (Fsp3) is 0.286. The summed E-state index contributed by atoms with van der Waals surface area (Å²) in [6.45, 7) is 5.15. The Balaban J connectivity index is 1.86. The van der Waals surface area contributed by atoms with Crippen LogP contribution in [0.2, 0.25) is 0 Å². The fourth-order valence-electron chi connectivity index (χ4n) is 3.77. The van der Waals surface area contributed by atoms with E-state index in [9.17, 15) is 28.5 Å². The highest BCUT2D eigenvalue weighted by molar-refractivity contribution is 7.21. The highest BCUT2D eigenvalue weighted by Gasteiger charge is 2.27. The number of nitro groups is 1. The van der Waals surface area contributed by atoms with Crippen molar-refractivity contribution in [1.29, 1.82) is 0 Å².